The van der Waals surface area contributed by atoms with Crippen LogP contribution in [-0.2, 0) is 0 Å². The van der Waals surface area contributed by atoms with Crippen molar-refractivity contribution < 1.29 is 0 Å². The molecule has 2 nitrogen and oxygen atoms in total. The van der Waals surface area contributed by atoms with Gasteiger partial charge in [0, 0.05) is 18.1 Å². The Hall–Kier alpha value is -0.0800. The highest BCUT2D eigenvalue weighted by Crippen LogP contribution is 2.40. The minimum Gasteiger partial charge on any atom is -0.313 e. The van der Waals surface area contributed by atoms with Gasteiger partial charge in [-0.3, -0.25) is 4.90 Å². The molecule has 2 aliphatic rings. The summed E-state index contributed by atoms with van der Waals surface area (Å²) in [6, 6.07) is 0.753. The van der Waals surface area contributed by atoms with Crippen LogP contribution in [0.1, 0.15) is 45.4 Å². The summed E-state index contributed by atoms with van der Waals surface area (Å²) in [5.74, 6) is 0. The normalized spacial score (nSPS) is 32.6. The quantitative estimate of drug-likeness (QED) is 0.727. The van der Waals surface area contributed by atoms with Crippen molar-refractivity contribution in [2.75, 3.05) is 20.1 Å². The first kappa shape index (κ1) is 10.4. The van der Waals surface area contributed by atoms with Crippen LogP contribution in [0.5, 0.6) is 0 Å². The summed E-state index contributed by atoms with van der Waals surface area (Å²) in [5, 5.41) is 3.60. The molecule has 0 unspecified atom stereocenters. The number of nitrogens with zero attached hydrogens (tertiary/aromatic N) is 1. The molecule has 1 spiro atoms. The molecule has 1 heterocycles. The zero-order chi connectivity index (χ0) is 10.0. The van der Waals surface area contributed by atoms with Crippen LogP contribution in [0, 0.1) is 0 Å². The summed E-state index contributed by atoms with van der Waals surface area (Å²) in [6.45, 7) is 4.59. The van der Waals surface area contributed by atoms with E-state index in [1.165, 1.54) is 45.1 Å². The zero-order valence-corrected chi connectivity index (χ0v) is 9.68. The SMILES string of the molecule is CCN[C@H]1CN(C)C2(CCCCC2)C1. The third-order valence-electron chi connectivity index (χ3n) is 4.21. The van der Waals surface area contributed by atoms with Crippen molar-refractivity contribution >= 4 is 0 Å². The molecule has 1 aliphatic carbocycles. The summed E-state index contributed by atoms with van der Waals surface area (Å²) >= 11 is 0. The average Bonchev–Trinajstić information content (AvgIpc) is 2.45. The fourth-order valence-electron chi connectivity index (χ4n) is 3.42. The van der Waals surface area contributed by atoms with Crippen LogP contribution in [0.4, 0.5) is 0 Å². The van der Waals surface area contributed by atoms with E-state index in [9.17, 15) is 0 Å². The van der Waals surface area contributed by atoms with Gasteiger partial charge in [-0.15, -0.1) is 0 Å². The first-order valence-electron chi connectivity index (χ1n) is 6.21. The van der Waals surface area contributed by atoms with Gasteiger partial charge in [-0.25, -0.2) is 0 Å². The fraction of sp³-hybridized carbons (Fsp3) is 1.00. The monoisotopic (exact) mass is 196 g/mol. The molecular weight excluding hydrogens is 172 g/mol. The Bertz CT molecular complexity index is 185. The highest BCUT2D eigenvalue weighted by atomic mass is 15.2. The summed E-state index contributed by atoms with van der Waals surface area (Å²) in [4.78, 5) is 2.62. The largest absolute Gasteiger partial charge is 0.313 e. The molecule has 0 amide bonds. The predicted molar refractivity (Wildman–Crippen MR) is 60.5 cm³/mol. The molecule has 0 bridgehead atoms. The lowest BCUT2D eigenvalue weighted by atomic mass is 9.79. The second-order valence-electron chi connectivity index (χ2n) is 5.12. The van der Waals surface area contributed by atoms with E-state index >= 15 is 0 Å². The molecule has 1 N–H and O–H groups in total. The topological polar surface area (TPSA) is 15.3 Å². The molecule has 0 aromatic carbocycles. The van der Waals surface area contributed by atoms with Crippen LogP contribution in [0.15, 0.2) is 0 Å². The Balaban J connectivity index is 1.98. The van der Waals surface area contributed by atoms with Crippen LogP contribution >= 0.6 is 0 Å². The highest BCUT2D eigenvalue weighted by Gasteiger charge is 2.43. The van der Waals surface area contributed by atoms with E-state index in [1.54, 1.807) is 0 Å². The van der Waals surface area contributed by atoms with Crippen molar-refractivity contribution in [3.63, 3.8) is 0 Å². The number of likely N-dealkylation sites (tertiary alicyclic amines) is 1. The maximum absolute atomic E-state index is 3.60. The lowest BCUT2D eigenvalue weighted by Crippen LogP contribution is -2.42. The molecule has 0 radical (unpaired) electrons. The van der Waals surface area contributed by atoms with Gasteiger partial charge in [-0.05, 0) is 32.9 Å². The third-order valence-corrected chi connectivity index (χ3v) is 4.21. The number of rotatable bonds is 2. The van der Waals surface area contributed by atoms with E-state index in [2.05, 4.69) is 24.2 Å². The minimum atomic E-state index is 0.574. The molecular formula is C12H24N2. The fourth-order valence-corrected chi connectivity index (χ4v) is 3.42. The summed E-state index contributed by atoms with van der Waals surface area (Å²) in [6.07, 6.45) is 8.61. The van der Waals surface area contributed by atoms with Gasteiger partial charge in [0.15, 0.2) is 0 Å². The number of hydrogen-bond acceptors (Lipinski definition) is 2. The number of hydrogen-bond donors (Lipinski definition) is 1. The lowest BCUT2D eigenvalue weighted by molar-refractivity contribution is 0.120. The van der Waals surface area contributed by atoms with Crippen LogP contribution in [0.2, 0.25) is 0 Å². The smallest absolute Gasteiger partial charge is 0.0222 e. The first-order chi connectivity index (χ1) is 6.77. The minimum absolute atomic E-state index is 0.574. The van der Waals surface area contributed by atoms with E-state index in [0.717, 1.165) is 12.6 Å². The summed E-state index contributed by atoms with van der Waals surface area (Å²) in [5.41, 5.74) is 0.574. The molecule has 2 fully saturated rings. The van der Waals surface area contributed by atoms with Crippen molar-refractivity contribution in [1.29, 1.82) is 0 Å². The van der Waals surface area contributed by atoms with E-state index < -0.39 is 0 Å². The van der Waals surface area contributed by atoms with E-state index in [4.69, 9.17) is 0 Å². The molecule has 1 aliphatic heterocycles. The van der Waals surface area contributed by atoms with Gasteiger partial charge in [0.1, 0.15) is 0 Å². The number of likely N-dealkylation sites (N-methyl/N-ethyl adjacent to an activating group) is 2. The Morgan fingerprint density at radius 2 is 2.00 bits per heavy atom. The maximum Gasteiger partial charge on any atom is 0.0222 e. The maximum atomic E-state index is 3.60. The molecule has 0 aromatic heterocycles. The summed E-state index contributed by atoms with van der Waals surface area (Å²) in [7, 11) is 2.32. The Morgan fingerprint density at radius 3 is 2.64 bits per heavy atom. The Morgan fingerprint density at radius 1 is 1.29 bits per heavy atom. The molecule has 1 atom stereocenters. The molecule has 1 saturated heterocycles. The van der Waals surface area contributed by atoms with Gasteiger partial charge in [-0.2, -0.15) is 0 Å². The molecule has 2 rings (SSSR count). The molecule has 14 heavy (non-hydrogen) atoms. The van der Waals surface area contributed by atoms with Crippen molar-refractivity contribution in [3.05, 3.63) is 0 Å². The van der Waals surface area contributed by atoms with Gasteiger partial charge >= 0.3 is 0 Å². The van der Waals surface area contributed by atoms with E-state index in [1.807, 2.05) is 0 Å². The highest BCUT2D eigenvalue weighted by molar-refractivity contribution is 5.01. The van der Waals surface area contributed by atoms with Gasteiger partial charge in [-0.1, -0.05) is 26.2 Å². The molecule has 2 heteroatoms. The van der Waals surface area contributed by atoms with Crippen LogP contribution in [0.25, 0.3) is 0 Å². The first-order valence-corrected chi connectivity index (χ1v) is 6.21. The second kappa shape index (κ2) is 4.19. The lowest BCUT2D eigenvalue weighted by Gasteiger charge is -2.39. The van der Waals surface area contributed by atoms with Crippen molar-refractivity contribution in [3.8, 4) is 0 Å². The van der Waals surface area contributed by atoms with Crippen LogP contribution < -0.4 is 5.32 Å². The molecule has 82 valence electrons. The van der Waals surface area contributed by atoms with Crippen molar-refractivity contribution in [2.45, 2.75) is 57.0 Å². The van der Waals surface area contributed by atoms with Gasteiger partial charge in [0.2, 0.25) is 0 Å². The average molecular weight is 196 g/mol. The summed E-state index contributed by atoms with van der Waals surface area (Å²) < 4.78 is 0. The van der Waals surface area contributed by atoms with Crippen LogP contribution in [-0.4, -0.2) is 36.6 Å². The van der Waals surface area contributed by atoms with Gasteiger partial charge in [0.25, 0.3) is 0 Å². The van der Waals surface area contributed by atoms with Crippen molar-refractivity contribution in [2.24, 2.45) is 0 Å². The Labute approximate surface area is 88.1 Å². The van der Waals surface area contributed by atoms with Crippen molar-refractivity contribution in [1.82, 2.24) is 10.2 Å². The second-order valence-corrected chi connectivity index (χ2v) is 5.12. The Kier molecular flexibility index (Phi) is 3.13. The number of nitrogens with one attached hydrogen (secondary N) is 1. The molecule has 0 aromatic rings. The predicted octanol–water partition coefficient (Wildman–Crippen LogP) is 2.00. The third kappa shape index (κ3) is 1.82. The zero-order valence-electron chi connectivity index (χ0n) is 9.68. The van der Waals surface area contributed by atoms with Gasteiger partial charge in [0.05, 0.1) is 0 Å². The van der Waals surface area contributed by atoms with E-state index in [0.29, 0.717) is 5.54 Å². The molecule has 1 saturated carbocycles. The van der Waals surface area contributed by atoms with Crippen LogP contribution in [0.3, 0.4) is 0 Å². The standard InChI is InChI=1S/C12H24N2/c1-3-13-11-9-12(14(2)10-11)7-5-4-6-8-12/h11,13H,3-10H2,1-2H3/t11-/m1/s1. The van der Waals surface area contributed by atoms with E-state index in [-0.39, 0.29) is 0 Å². The van der Waals surface area contributed by atoms with Gasteiger partial charge < -0.3 is 5.32 Å².